The van der Waals surface area contributed by atoms with E-state index in [1.807, 2.05) is 18.2 Å². The molecular weight excluding hydrogens is 422 g/mol. The highest BCUT2D eigenvalue weighted by Crippen LogP contribution is 2.35. The van der Waals surface area contributed by atoms with E-state index in [1.165, 1.54) is 27.4 Å². The van der Waals surface area contributed by atoms with E-state index in [9.17, 15) is 9.59 Å². The van der Waals surface area contributed by atoms with Gasteiger partial charge in [-0.3, -0.25) is 4.79 Å². The molecule has 0 aliphatic heterocycles. The normalized spacial score (nSPS) is 10.4. The number of rotatable bonds is 8. The van der Waals surface area contributed by atoms with Crippen molar-refractivity contribution < 1.29 is 23.8 Å². The third kappa shape index (κ3) is 6.51. The molecule has 8 nitrogen and oxygen atoms in total. The van der Waals surface area contributed by atoms with Gasteiger partial charge in [0.2, 0.25) is 5.91 Å². The molecule has 0 aromatic heterocycles. The summed E-state index contributed by atoms with van der Waals surface area (Å²) in [4.78, 5) is 24.4. The Bertz CT molecular complexity index is 1130. The summed E-state index contributed by atoms with van der Waals surface area (Å²) in [5.74, 6) is 1.27. The van der Waals surface area contributed by atoms with E-state index >= 15 is 0 Å². The van der Waals surface area contributed by atoms with Gasteiger partial charge in [0.15, 0.2) is 11.5 Å². The first-order chi connectivity index (χ1) is 16.0. The molecule has 0 saturated heterocycles. The van der Waals surface area contributed by atoms with Crippen molar-refractivity contribution in [2.45, 2.75) is 0 Å². The summed E-state index contributed by atoms with van der Waals surface area (Å²) < 4.78 is 15.9. The molecule has 0 saturated carbocycles. The number of urea groups is 1. The SMILES string of the molecule is COc1cc(OC)c(OC)cc1/C=C/C(=O)Nc1ccc(NC(=O)Nc2ccccc2)cc1. The first-order valence-corrected chi connectivity index (χ1v) is 10.0. The Morgan fingerprint density at radius 2 is 1.18 bits per heavy atom. The third-order valence-electron chi connectivity index (χ3n) is 4.59. The number of ether oxygens (including phenoxy) is 3. The number of hydrogen-bond acceptors (Lipinski definition) is 5. The molecule has 3 rings (SSSR count). The topological polar surface area (TPSA) is 97.9 Å². The fourth-order valence-electron chi connectivity index (χ4n) is 2.98. The lowest BCUT2D eigenvalue weighted by atomic mass is 10.1. The van der Waals surface area contributed by atoms with Gasteiger partial charge in [0.1, 0.15) is 5.75 Å². The molecule has 3 amide bonds. The molecule has 0 fully saturated rings. The number of amides is 3. The van der Waals surface area contributed by atoms with E-state index in [0.29, 0.717) is 39.9 Å². The van der Waals surface area contributed by atoms with Crippen LogP contribution >= 0.6 is 0 Å². The van der Waals surface area contributed by atoms with Gasteiger partial charge in [-0.1, -0.05) is 18.2 Å². The monoisotopic (exact) mass is 447 g/mol. The Morgan fingerprint density at radius 3 is 1.76 bits per heavy atom. The molecule has 0 aliphatic rings. The number of para-hydroxylation sites is 1. The largest absolute Gasteiger partial charge is 0.496 e. The van der Waals surface area contributed by atoms with E-state index < -0.39 is 0 Å². The Kier molecular flexibility index (Phi) is 7.91. The minimum Gasteiger partial charge on any atom is -0.496 e. The maximum Gasteiger partial charge on any atom is 0.323 e. The second-order valence-electron chi connectivity index (χ2n) is 6.79. The van der Waals surface area contributed by atoms with E-state index in [2.05, 4.69) is 16.0 Å². The van der Waals surface area contributed by atoms with Gasteiger partial charge in [-0.25, -0.2) is 4.79 Å². The van der Waals surface area contributed by atoms with E-state index in [-0.39, 0.29) is 11.9 Å². The highest BCUT2D eigenvalue weighted by Gasteiger charge is 2.10. The summed E-state index contributed by atoms with van der Waals surface area (Å²) in [5.41, 5.74) is 2.52. The quantitative estimate of drug-likeness (QED) is 0.422. The van der Waals surface area contributed by atoms with Crippen LogP contribution in [-0.4, -0.2) is 33.3 Å². The van der Waals surface area contributed by atoms with Crippen molar-refractivity contribution in [2.24, 2.45) is 0 Å². The molecule has 0 spiro atoms. The molecule has 3 aromatic rings. The summed E-state index contributed by atoms with van der Waals surface area (Å²) in [6.45, 7) is 0. The van der Waals surface area contributed by atoms with Crippen LogP contribution in [0.1, 0.15) is 5.56 Å². The van der Waals surface area contributed by atoms with Crippen LogP contribution in [0.15, 0.2) is 72.8 Å². The van der Waals surface area contributed by atoms with E-state index in [0.717, 1.165) is 0 Å². The van der Waals surface area contributed by atoms with Crippen molar-refractivity contribution in [1.29, 1.82) is 0 Å². The lowest BCUT2D eigenvalue weighted by Crippen LogP contribution is -2.19. The van der Waals surface area contributed by atoms with Crippen molar-refractivity contribution >= 4 is 35.1 Å². The van der Waals surface area contributed by atoms with Crippen molar-refractivity contribution in [1.82, 2.24) is 0 Å². The van der Waals surface area contributed by atoms with Gasteiger partial charge in [-0.05, 0) is 48.5 Å². The van der Waals surface area contributed by atoms with Gasteiger partial charge in [-0.15, -0.1) is 0 Å². The van der Waals surface area contributed by atoms with Gasteiger partial charge in [-0.2, -0.15) is 0 Å². The van der Waals surface area contributed by atoms with E-state index in [1.54, 1.807) is 54.6 Å². The van der Waals surface area contributed by atoms with Gasteiger partial charge >= 0.3 is 6.03 Å². The summed E-state index contributed by atoms with van der Waals surface area (Å²) in [6.07, 6.45) is 3.02. The average Bonchev–Trinajstić information content (AvgIpc) is 2.83. The maximum absolute atomic E-state index is 12.4. The number of methoxy groups -OCH3 is 3. The average molecular weight is 447 g/mol. The highest BCUT2D eigenvalue weighted by atomic mass is 16.5. The summed E-state index contributed by atoms with van der Waals surface area (Å²) in [7, 11) is 4.61. The molecular formula is C25H25N3O5. The van der Waals surface area contributed by atoms with Gasteiger partial charge < -0.3 is 30.2 Å². The minimum atomic E-state index is -0.357. The number of anilines is 3. The van der Waals surface area contributed by atoms with Crippen molar-refractivity contribution in [3.63, 3.8) is 0 Å². The van der Waals surface area contributed by atoms with Crippen molar-refractivity contribution in [2.75, 3.05) is 37.3 Å². The van der Waals surface area contributed by atoms with Crippen LogP contribution < -0.4 is 30.2 Å². The van der Waals surface area contributed by atoms with Crippen LogP contribution in [0.4, 0.5) is 21.9 Å². The predicted molar refractivity (Wildman–Crippen MR) is 129 cm³/mol. The molecule has 3 aromatic carbocycles. The minimum absolute atomic E-state index is 0.325. The zero-order chi connectivity index (χ0) is 23.6. The van der Waals surface area contributed by atoms with Crippen molar-refractivity contribution in [3.05, 3.63) is 78.4 Å². The number of benzene rings is 3. The van der Waals surface area contributed by atoms with Crippen LogP contribution in [0.25, 0.3) is 6.08 Å². The lowest BCUT2D eigenvalue weighted by Gasteiger charge is -2.12. The molecule has 0 aliphatic carbocycles. The van der Waals surface area contributed by atoms with Crippen LogP contribution in [0.5, 0.6) is 17.2 Å². The molecule has 0 heterocycles. The molecule has 3 N–H and O–H groups in total. The van der Waals surface area contributed by atoms with Crippen LogP contribution in [-0.2, 0) is 4.79 Å². The summed E-state index contributed by atoms with van der Waals surface area (Å²) in [5, 5.41) is 8.25. The predicted octanol–water partition coefficient (Wildman–Crippen LogP) is 5.01. The van der Waals surface area contributed by atoms with Gasteiger partial charge in [0, 0.05) is 34.8 Å². The molecule has 0 bridgehead atoms. The molecule has 0 unspecified atom stereocenters. The zero-order valence-electron chi connectivity index (χ0n) is 18.5. The Labute approximate surface area is 192 Å². The molecule has 0 radical (unpaired) electrons. The first-order valence-electron chi connectivity index (χ1n) is 10.0. The Balaban J connectivity index is 1.59. The van der Waals surface area contributed by atoms with Crippen LogP contribution in [0.3, 0.4) is 0 Å². The van der Waals surface area contributed by atoms with Gasteiger partial charge in [0.05, 0.1) is 21.3 Å². The first kappa shape index (κ1) is 23.2. The number of carbonyl (C=O) groups excluding carboxylic acids is 2. The molecule has 0 atom stereocenters. The second-order valence-corrected chi connectivity index (χ2v) is 6.79. The van der Waals surface area contributed by atoms with Crippen LogP contribution in [0.2, 0.25) is 0 Å². The number of hydrogen-bond donors (Lipinski definition) is 3. The maximum atomic E-state index is 12.4. The Hall–Kier alpha value is -4.46. The van der Waals surface area contributed by atoms with Crippen LogP contribution in [0, 0.1) is 0 Å². The fourth-order valence-corrected chi connectivity index (χ4v) is 2.98. The molecule has 170 valence electrons. The second kappa shape index (κ2) is 11.2. The number of carbonyl (C=O) groups is 2. The molecule has 33 heavy (non-hydrogen) atoms. The third-order valence-corrected chi connectivity index (χ3v) is 4.59. The Morgan fingerprint density at radius 1 is 0.667 bits per heavy atom. The standard InChI is InChI=1S/C25H25N3O5/c1-31-21-16-23(33-3)22(32-2)15-17(21)9-14-24(29)26-19-10-12-20(13-11-19)28-25(30)27-18-7-5-4-6-8-18/h4-16H,1-3H3,(H,26,29)(H2,27,28,30)/b14-9+. The highest BCUT2D eigenvalue weighted by molar-refractivity contribution is 6.03. The zero-order valence-corrected chi connectivity index (χ0v) is 18.5. The fraction of sp³-hybridized carbons (Fsp3) is 0.120. The lowest BCUT2D eigenvalue weighted by molar-refractivity contribution is -0.111. The molecule has 8 heteroatoms. The van der Waals surface area contributed by atoms with Crippen molar-refractivity contribution in [3.8, 4) is 17.2 Å². The van der Waals surface area contributed by atoms with Gasteiger partial charge in [0.25, 0.3) is 0 Å². The van der Waals surface area contributed by atoms with E-state index in [4.69, 9.17) is 14.2 Å². The summed E-state index contributed by atoms with van der Waals surface area (Å²) in [6, 6.07) is 19.0. The summed E-state index contributed by atoms with van der Waals surface area (Å²) >= 11 is 0. The smallest absolute Gasteiger partial charge is 0.323 e. The number of nitrogens with one attached hydrogen (secondary N) is 3.